The van der Waals surface area contributed by atoms with Gasteiger partial charge in [-0.1, -0.05) is 125 Å². The van der Waals surface area contributed by atoms with Crippen molar-refractivity contribution >= 4 is 49.4 Å². The maximum absolute atomic E-state index is 14.7. The van der Waals surface area contributed by atoms with Crippen LogP contribution in [-0.2, 0) is 21.6 Å². The molecule has 3 aliphatic rings. The normalized spacial score (nSPS) is 19.5. The predicted octanol–water partition coefficient (Wildman–Crippen LogP) is 13.0. The van der Waals surface area contributed by atoms with E-state index in [0.717, 1.165) is 61.4 Å². The quantitative estimate of drug-likeness (QED) is 0.126. The van der Waals surface area contributed by atoms with E-state index >= 15 is 0 Å². The number of hydrogen-bond acceptors (Lipinski definition) is 2. The molecule has 4 heteroatoms. The molecule has 2 aliphatic heterocycles. The Bertz CT molecular complexity index is 2480. The zero-order chi connectivity index (χ0) is 38.3. The number of hydrogen-bond donors (Lipinski definition) is 0. The molecule has 8 rings (SSSR count). The molecule has 0 fully saturated rings. The van der Waals surface area contributed by atoms with Crippen LogP contribution < -0.4 is 4.90 Å². The molecule has 0 amide bonds. The minimum atomic E-state index is -1.31. The molecule has 0 aromatic heterocycles. The Morgan fingerprint density at radius 1 is 0.691 bits per heavy atom. The van der Waals surface area contributed by atoms with Gasteiger partial charge >= 0.3 is 0 Å². The van der Waals surface area contributed by atoms with E-state index < -0.39 is 10.8 Å². The Labute approximate surface area is 330 Å². The van der Waals surface area contributed by atoms with Gasteiger partial charge < -0.3 is 4.90 Å². The number of rotatable bonds is 11. The Balaban J connectivity index is 1.24. The maximum Gasteiger partial charge on any atom is 0.210 e. The molecule has 0 bridgehead atoms. The molecule has 1 atom stereocenters. The summed E-state index contributed by atoms with van der Waals surface area (Å²) in [5.74, 6) is 0. The molecule has 0 radical (unpaired) electrons. The van der Waals surface area contributed by atoms with Crippen molar-refractivity contribution in [1.29, 1.82) is 0 Å². The van der Waals surface area contributed by atoms with E-state index in [4.69, 9.17) is 0 Å². The third-order valence-corrected chi connectivity index (χ3v) is 13.8. The van der Waals surface area contributed by atoms with E-state index in [1.807, 2.05) is 30.3 Å². The van der Waals surface area contributed by atoms with Crippen molar-refractivity contribution in [3.63, 3.8) is 0 Å². The summed E-state index contributed by atoms with van der Waals surface area (Å²) in [7, 11) is -1.31. The van der Waals surface area contributed by atoms with E-state index in [1.54, 1.807) is 0 Å². The van der Waals surface area contributed by atoms with Crippen LogP contribution in [0.1, 0.15) is 91.2 Å². The van der Waals surface area contributed by atoms with Gasteiger partial charge in [-0.15, -0.1) is 0 Å². The molecule has 3 nitrogen and oxygen atoms in total. The van der Waals surface area contributed by atoms with Crippen molar-refractivity contribution in [1.82, 2.24) is 0 Å². The summed E-state index contributed by atoms with van der Waals surface area (Å²) in [5, 5.41) is 5.23. The average Bonchev–Trinajstić information content (AvgIpc) is 3.78. The van der Waals surface area contributed by atoms with Crippen LogP contribution in [0.3, 0.4) is 0 Å². The van der Waals surface area contributed by atoms with Crippen molar-refractivity contribution < 1.29 is 8.78 Å². The van der Waals surface area contributed by atoms with Crippen molar-refractivity contribution in [2.75, 3.05) is 18.0 Å². The lowest BCUT2D eigenvalue weighted by Crippen LogP contribution is -2.28. The Morgan fingerprint density at radius 3 is 2.05 bits per heavy atom. The molecule has 5 aromatic rings. The third kappa shape index (κ3) is 6.47. The van der Waals surface area contributed by atoms with Crippen molar-refractivity contribution in [2.24, 2.45) is 0 Å². The molecule has 0 N–H and O–H groups in total. The van der Waals surface area contributed by atoms with Crippen LogP contribution in [0.15, 0.2) is 154 Å². The summed E-state index contributed by atoms with van der Waals surface area (Å²) >= 11 is 0. The van der Waals surface area contributed by atoms with Gasteiger partial charge in [0.1, 0.15) is 6.54 Å². The third-order valence-electron chi connectivity index (χ3n) is 12.3. The SMILES string of the molecule is CCCCN1/C(=C/C=C2\CCC(/C=C/C3=[N+](CCCC)c4ccc5ccccc5c4C3(C)C)=C2S(=O)c2ccccc2)C(C)(C)c2c1ccc1ccccc21. The minimum absolute atomic E-state index is 0.184. The molecule has 55 heavy (non-hydrogen) atoms. The zero-order valence-electron chi connectivity index (χ0n) is 33.5. The molecule has 0 saturated carbocycles. The summed E-state index contributed by atoms with van der Waals surface area (Å²) in [4.78, 5) is 4.38. The van der Waals surface area contributed by atoms with Crippen LogP contribution in [0.25, 0.3) is 21.5 Å². The highest BCUT2D eigenvalue weighted by Gasteiger charge is 2.45. The van der Waals surface area contributed by atoms with E-state index in [2.05, 4.69) is 148 Å². The van der Waals surface area contributed by atoms with E-state index in [-0.39, 0.29) is 10.8 Å². The molecule has 1 unspecified atom stereocenters. The first-order chi connectivity index (χ1) is 26.7. The molecule has 1 aliphatic carbocycles. The van der Waals surface area contributed by atoms with Gasteiger partial charge in [0.15, 0.2) is 5.71 Å². The van der Waals surface area contributed by atoms with Crippen LogP contribution in [-0.4, -0.2) is 27.6 Å². The van der Waals surface area contributed by atoms with Gasteiger partial charge in [-0.25, -0.2) is 4.21 Å². The fourth-order valence-corrected chi connectivity index (χ4v) is 10.9. The van der Waals surface area contributed by atoms with E-state index in [0.29, 0.717) is 0 Å². The first kappa shape index (κ1) is 37.1. The number of fused-ring (bicyclic) bond motifs is 6. The second-order valence-electron chi connectivity index (χ2n) is 16.5. The van der Waals surface area contributed by atoms with Crippen LogP contribution >= 0.6 is 0 Å². The monoisotopic (exact) mass is 743 g/mol. The Morgan fingerprint density at radius 2 is 1.35 bits per heavy atom. The minimum Gasteiger partial charge on any atom is -0.344 e. The van der Waals surface area contributed by atoms with Gasteiger partial charge in [-0.3, -0.25) is 0 Å². The molecular formula is C51H55N2OS+. The van der Waals surface area contributed by atoms with Crippen molar-refractivity contribution in [3.8, 4) is 0 Å². The van der Waals surface area contributed by atoms with Gasteiger partial charge in [-0.2, -0.15) is 4.58 Å². The predicted molar refractivity (Wildman–Crippen MR) is 235 cm³/mol. The first-order valence-electron chi connectivity index (χ1n) is 20.4. The Hall–Kier alpha value is -4.80. The zero-order valence-corrected chi connectivity index (χ0v) is 34.3. The maximum atomic E-state index is 14.7. The molecular weight excluding hydrogens is 689 g/mol. The lowest BCUT2D eigenvalue weighted by atomic mass is 9.79. The summed E-state index contributed by atoms with van der Waals surface area (Å²) in [6.45, 7) is 16.0. The average molecular weight is 744 g/mol. The standard InChI is InChI=1S/C51H55N2OS/c1-7-9-34-52-43-30-26-36-18-14-16-22-41(36)47(43)50(3,4)45(52)32-28-38-24-25-39(49(38)55(54)40-20-12-11-13-21-40)29-33-46-51(5,6)48-42-23-17-15-19-37(42)27-31-44(48)53(46)35-10-8-2/h11-23,26-33H,7-10,24-25,34-35H2,1-6H3/q+1. The molecule has 2 heterocycles. The lowest BCUT2D eigenvalue weighted by molar-refractivity contribution is -0.438. The first-order valence-corrected chi connectivity index (χ1v) is 21.6. The van der Waals surface area contributed by atoms with Crippen molar-refractivity contribution in [2.45, 2.75) is 95.8 Å². The van der Waals surface area contributed by atoms with Gasteiger partial charge in [0, 0.05) is 52.4 Å². The van der Waals surface area contributed by atoms with Crippen LogP contribution in [0, 0.1) is 0 Å². The van der Waals surface area contributed by atoms with Gasteiger partial charge in [0.2, 0.25) is 5.69 Å². The number of nitrogens with zero attached hydrogens (tertiary/aromatic N) is 2. The van der Waals surface area contributed by atoms with Gasteiger partial charge in [-0.05, 0) is 102 Å². The van der Waals surface area contributed by atoms with Crippen molar-refractivity contribution in [3.05, 3.63) is 160 Å². The highest BCUT2D eigenvalue weighted by Crippen LogP contribution is 2.51. The smallest absolute Gasteiger partial charge is 0.210 e. The fourth-order valence-electron chi connectivity index (χ4n) is 9.46. The number of allylic oxidation sites excluding steroid dienone is 7. The topological polar surface area (TPSA) is 23.3 Å². The van der Waals surface area contributed by atoms with E-state index in [1.165, 1.54) is 66.6 Å². The highest BCUT2D eigenvalue weighted by atomic mass is 32.2. The summed E-state index contributed by atoms with van der Waals surface area (Å²) < 4.78 is 17.3. The largest absolute Gasteiger partial charge is 0.344 e. The molecule has 0 spiro atoms. The fraction of sp³-hybridized carbons (Fsp3) is 0.314. The van der Waals surface area contributed by atoms with E-state index in [9.17, 15) is 4.21 Å². The second-order valence-corrected chi connectivity index (χ2v) is 17.9. The highest BCUT2D eigenvalue weighted by molar-refractivity contribution is 7.89. The second kappa shape index (κ2) is 15.0. The number of benzene rings is 5. The Kier molecular flexibility index (Phi) is 10.2. The molecule has 280 valence electrons. The lowest BCUT2D eigenvalue weighted by Gasteiger charge is -2.27. The molecule has 0 saturated heterocycles. The van der Waals surface area contributed by atoms with Gasteiger partial charge in [0.05, 0.1) is 21.1 Å². The van der Waals surface area contributed by atoms with Gasteiger partial charge in [0.25, 0.3) is 0 Å². The molecule has 5 aromatic carbocycles. The van der Waals surface area contributed by atoms with Crippen LogP contribution in [0.2, 0.25) is 0 Å². The van der Waals surface area contributed by atoms with Crippen LogP contribution in [0.5, 0.6) is 0 Å². The summed E-state index contributed by atoms with van der Waals surface area (Å²) in [6, 6.07) is 36.8. The summed E-state index contributed by atoms with van der Waals surface area (Å²) in [5.41, 5.74) is 10.1. The summed E-state index contributed by atoms with van der Waals surface area (Å²) in [6.07, 6.45) is 15.6. The van der Waals surface area contributed by atoms with Crippen LogP contribution in [0.4, 0.5) is 11.4 Å². The number of unbranched alkanes of at least 4 members (excludes halogenated alkanes) is 2. The number of anilines is 1.